The van der Waals surface area contributed by atoms with Gasteiger partial charge in [0.15, 0.2) is 0 Å². The summed E-state index contributed by atoms with van der Waals surface area (Å²) < 4.78 is 13.2. The molecule has 5 heteroatoms. The van der Waals surface area contributed by atoms with Crippen molar-refractivity contribution in [2.45, 2.75) is 46.2 Å². The Morgan fingerprint density at radius 1 is 0.917 bits per heavy atom. The van der Waals surface area contributed by atoms with Crippen LogP contribution in [-0.2, 0) is 0 Å². The van der Waals surface area contributed by atoms with E-state index in [0.717, 1.165) is 29.0 Å². The molecule has 0 spiro atoms. The Bertz CT molecular complexity index is 677. The summed E-state index contributed by atoms with van der Waals surface area (Å²) in [5.41, 5.74) is -1.11. The third-order valence-corrected chi connectivity index (χ3v) is 14.7. The molecule has 0 amide bonds. The van der Waals surface area contributed by atoms with Crippen LogP contribution in [0.15, 0.2) is 48.5 Å². The summed E-state index contributed by atoms with van der Waals surface area (Å²) in [5, 5.41) is -0.208. The quantitative estimate of drug-likeness (QED) is 0.445. The van der Waals surface area contributed by atoms with E-state index in [4.69, 9.17) is 9.05 Å². The molecule has 24 heavy (non-hydrogen) atoms. The Hall–Kier alpha value is -0.620. The zero-order valence-electron chi connectivity index (χ0n) is 15.0. The molecule has 1 unspecified atom stereocenters. The van der Waals surface area contributed by atoms with E-state index in [0.29, 0.717) is 0 Å². The normalized spacial score (nSPS) is 13.9. The monoisotopic (exact) mass is 428 g/mol. The molecule has 0 N–H and O–H groups in total. The Balaban J connectivity index is 2.54. The van der Waals surface area contributed by atoms with Gasteiger partial charge >= 0.3 is 156 Å². The van der Waals surface area contributed by atoms with Crippen molar-refractivity contribution >= 4 is 29.9 Å². The van der Waals surface area contributed by atoms with Gasteiger partial charge in [0.2, 0.25) is 0 Å². The zero-order valence-corrected chi connectivity index (χ0v) is 18.7. The Morgan fingerprint density at radius 2 is 1.29 bits per heavy atom. The molecule has 2 rings (SSSR count). The summed E-state index contributed by atoms with van der Waals surface area (Å²) in [6, 6.07) is 16.1. The van der Waals surface area contributed by atoms with E-state index in [2.05, 4.69) is 71.2 Å². The topological polar surface area (TPSA) is 18.5 Å². The standard InChI is InChI=1S/C19H27BrO2P2/c1-6-19(4,5)24(20,23,21-17-13-9-7-11-15(17)2)22-18-14-10-8-12-16(18)3/h7-14H,6,23H2,1-5H3. The van der Waals surface area contributed by atoms with Crippen molar-refractivity contribution in [3.05, 3.63) is 59.7 Å². The molecule has 1 atom stereocenters. The first-order chi connectivity index (χ1) is 11.1. The average molecular weight is 429 g/mol. The molecule has 0 aliphatic carbocycles. The molecule has 0 aliphatic heterocycles. The number of rotatable bonds is 6. The van der Waals surface area contributed by atoms with Crippen molar-refractivity contribution in [1.29, 1.82) is 0 Å². The first-order valence-corrected chi connectivity index (χ1v) is 13.8. The Kier molecular flexibility index (Phi) is 5.70. The van der Waals surface area contributed by atoms with Crippen molar-refractivity contribution in [2.75, 3.05) is 0 Å². The van der Waals surface area contributed by atoms with E-state index < -0.39 is 5.45 Å². The van der Waals surface area contributed by atoms with Gasteiger partial charge in [-0.25, -0.2) is 0 Å². The fraction of sp³-hybridized carbons (Fsp3) is 0.368. The van der Waals surface area contributed by atoms with Crippen LogP contribution in [-0.4, -0.2) is 5.16 Å². The van der Waals surface area contributed by atoms with Gasteiger partial charge in [-0.05, 0) is 0 Å². The van der Waals surface area contributed by atoms with Gasteiger partial charge in [-0.3, -0.25) is 0 Å². The van der Waals surface area contributed by atoms with Crippen LogP contribution in [0.1, 0.15) is 38.3 Å². The summed E-state index contributed by atoms with van der Waals surface area (Å²) in [6.45, 7) is 10.6. The summed E-state index contributed by atoms with van der Waals surface area (Å²) in [7, 11) is 2.91. The molecule has 0 radical (unpaired) electrons. The SMILES string of the molecule is CCC(C)(C)P(P)(Br)(Oc1ccccc1C)Oc1ccccc1C. The summed E-state index contributed by atoms with van der Waals surface area (Å²) >= 11 is 3.96. The predicted octanol–water partition coefficient (Wildman–Crippen LogP) is 7.43. The maximum absolute atomic E-state index is 6.62. The molecule has 2 nitrogen and oxygen atoms in total. The van der Waals surface area contributed by atoms with E-state index in [1.807, 2.05) is 36.4 Å². The van der Waals surface area contributed by atoms with Crippen LogP contribution in [0.3, 0.4) is 0 Å². The third kappa shape index (κ3) is 3.79. The van der Waals surface area contributed by atoms with E-state index in [9.17, 15) is 0 Å². The molecule has 2 aromatic carbocycles. The number of para-hydroxylation sites is 2. The number of hydrogen-bond acceptors (Lipinski definition) is 2. The van der Waals surface area contributed by atoms with Gasteiger partial charge in [0.1, 0.15) is 0 Å². The van der Waals surface area contributed by atoms with Gasteiger partial charge < -0.3 is 0 Å². The molecule has 0 saturated carbocycles. The Morgan fingerprint density at radius 3 is 1.62 bits per heavy atom. The van der Waals surface area contributed by atoms with Crippen LogP contribution in [0, 0.1) is 13.8 Å². The molecule has 0 bridgehead atoms. The number of aryl methyl sites for hydroxylation is 2. The molecule has 0 fully saturated rings. The van der Waals surface area contributed by atoms with E-state index in [-0.39, 0.29) is 5.16 Å². The fourth-order valence-corrected chi connectivity index (χ4v) is 7.38. The fourth-order valence-electron chi connectivity index (χ4n) is 2.23. The number of benzene rings is 2. The molecule has 2 aromatic rings. The van der Waals surface area contributed by atoms with Crippen LogP contribution in [0.2, 0.25) is 0 Å². The van der Waals surface area contributed by atoms with E-state index in [1.165, 1.54) is 0 Å². The second-order valence-electron chi connectivity index (χ2n) is 6.80. The van der Waals surface area contributed by atoms with Crippen LogP contribution in [0.5, 0.6) is 11.5 Å². The van der Waals surface area contributed by atoms with Gasteiger partial charge in [0.25, 0.3) is 0 Å². The molecular weight excluding hydrogens is 402 g/mol. The van der Waals surface area contributed by atoms with Crippen molar-refractivity contribution < 1.29 is 9.05 Å². The average Bonchev–Trinajstić information content (AvgIpc) is 2.52. The van der Waals surface area contributed by atoms with Gasteiger partial charge in [0.05, 0.1) is 0 Å². The molecule has 0 aliphatic rings. The molecule has 0 aromatic heterocycles. The van der Waals surface area contributed by atoms with Crippen molar-refractivity contribution in [2.24, 2.45) is 0 Å². The minimum atomic E-state index is -3.29. The van der Waals surface area contributed by atoms with Gasteiger partial charge in [-0.15, -0.1) is 0 Å². The summed E-state index contributed by atoms with van der Waals surface area (Å²) in [4.78, 5) is 0. The molecule has 132 valence electrons. The number of halogens is 1. The van der Waals surface area contributed by atoms with Crippen LogP contribution < -0.4 is 9.05 Å². The van der Waals surface area contributed by atoms with Crippen molar-refractivity contribution in [1.82, 2.24) is 0 Å². The van der Waals surface area contributed by atoms with E-state index in [1.54, 1.807) is 0 Å². The maximum atomic E-state index is 6.62. The predicted molar refractivity (Wildman–Crippen MR) is 114 cm³/mol. The van der Waals surface area contributed by atoms with Gasteiger partial charge in [-0.2, -0.15) is 0 Å². The first-order valence-electron chi connectivity index (χ1n) is 8.14. The molecule has 0 heterocycles. The van der Waals surface area contributed by atoms with Crippen LogP contribution in [0.25, 0.3) is 0 Å². The van der Waals surface area contributed by atoms with Gasteiger partial charge in [-0.1, -0.05) is 0 Å². The van der Waals surface area contributed by atoms with Gasteiger partial charge in [0, 0.05) is 0 Å². The van der Waals surface area contributed by atoms with E-state index >= 15 is 0 Å². The van der Waals surface area contributed by atoms with Crippen LogP contribution >= 0.6 is 29.9 Å². The van der Waals surface area contributed by atoms with Crippen LogP contribution in [0.4, 0.5) is 0 Å². The Labute approximate surface area is 156 Å². The van der Waals surface area contributed by atoms with Crippen molar-refractivity contribution in [3.63, 3.8) is 0 Å². The third-order valence-electron chi connectivity index (χ3n) is 4.66. The second-order valence-corrected chi connectivity index (χ2v) is 19.3. The molecule has 0 saturated heterocycles. The zero-order chi connectivity index (χ0) is 18.0. The molecular formula is C19H27BrO2P2. The summed E-state index contributed by atoms with van der Waals surface area (Å²) in [5.74, 6) is 1.69. The second kappa shape index (κ2) is 6.94. The van der Waals surface area contributed by atoms with Crippen molar-refractivity contribution in [3.8, 4) is 11.5 Å². The number of hydrogen-bond donors (Lipinski definition) is 0. The first kappa shape index (κ1) is 19.7. The minimum absolute atomic E-state index is 0.208. The summed E-state index contributed by atoms with van der Waals surface area (Å²) in [6.07, 6.45) is 0.914.